The third-order valence-corrected chi connectivity index (χ3v) is 7.44. The van der Waals surface area contributed by atoms with Gasteiger partial charge in [-0.2, -0.15) is 0 Å². The fraction of sp³-hybridized carbons (Fsp3) is 0.440. The van der Waals surface area contributed by atoms with Gasteiger partial charge in [0, 0.05) is 19.0 Å². The van der Waals surface area contributed by atoms with Crippen LogP contribution >= 0.6 is 11.3 Å². The van der Waals surface area contributed by atoms with Gasteiger partial charge >= 0.3 is 0 Å². The van der Waals surface area contributed by atoms with E-state index < -0.39 is 0 Å². The molecule has 0 radical (unpaired) electrons. The minimum absolute atomic E-state index is 0.0317. The number of carbonyl (C=O) groups is 1. The molecular formula is C25H29N3O3S. The van der Waals surface area contributed by atoms with Crippen LogP contribution in [0.2, 0.25) is 0 Å². The fourth-order valence-corrected chi connectivity index (χ4v) is 5.76. The molecule has 3 aromatic rings. The summed E-state index contributed by atoms with van der Waals surface area (Å²) in [6.07, 6.45) is 1.68. The lowest BCUT2D eigenvalue weighted by Gasteiger charge is -2.31. The number of hydrogen-bond acceptors (Lipinski definition) is 6. The van der Waals surface area contributed by atoms with Crippen LogP contribution in [0.4, 0.5) is 5.13 Å². The average Bonchev–Trinajstić information content (AvgIpc) is 3.23. The van der Waals surface area contributed by atoms with Gasteiger partial charge in [0.25, 0.3) is 0 Å². The van der Waals surface area contributed by atoms with E-state index in [1.165, 1.54) is 15.8 Å². The Hall–Kier alpha value is -2.80. The topological polar surface area (TPSA) is 63.7 Å². The summed E-state index contributed by atoms with van der Waals surface area (Å²) < 4.78 is 12.5. The Bertz CT molecular complexity index is 1150. The third kappa shape index (κ3) is 4.13. The monoisotopic (exact) mass is 451 g/mol. The van der Waals surface area contributed by atoms with E-state index in [1.54, 1.807) is 11.3 Å². The Labute approximate surface area is 192 Å². The Morgan fingerprint density at radius 3 is 2.66 bits per heavy atom. The van der Waals surface area contributed by atoms with Crippen LogP contribution in [0, 0.1) is 19.8 Å². The summed E-state index contributed by atoms with van der Waals surface area (Å²) in [4.78, 5) is 20.2. The summed E-state index contributed by atoms with van der Waals surface area (Å²) in [6.45, 7) is 9.12. The molecular weight excluding hydrogens is 422 g/mol. The first-order chi connectivity index (χ1) is 15.5. The number of ether oxygens (including phenoxy) is 2. The maximum atomic E-state index is 12.9. The van der Waals surface area contributed by atoms with Gasteiger partial charge in [-0.05, 0) is 68.5 Å². The van der Waals surface area contributed by atoms with Crippen molar-refractivity contribution in [1.29, 1.82) is 0 Å². The van der Waals surface area contributed by atoms with Gasteiger partial charge in [-0.3, -0.25) is 4.79 Å². The number of fused-ring (bicyclic) bond motifs is 2. The molecule has 2 aliphatic heterocycles. The van der Waals surface area contributed by atoms with Crippen molar-refractivity contribution >= 4 is 32.6 Å². The van der Waals surface area contributed by atoms with E-state index in [0.717, 1.165) is 53.6 Å². The fourth-order valence-electron chi connectivity index (χ4n) is 4.57. The predicted molar refractivity (Wildman–Crippen MR) is 128 cm³/mol. The van der Waals surface area contributed by atoms with Gasteiger partial charge in [-0.15, -0.1) is 0 Å². The quantitative estimate of drug-likeness (QED) is 0.619. The molecule has 0 aliphatic carbocycles. The van der Waals surface area contributed by atoms with Gasteiger partial charge in [0.1, 0.15) is 13.2 Å². The first kappa shape index (κ1) is 21.1. The average molecular weight is 452 g/mol. The molecule has 7 heteroatoms. The van der Waals surface area contributed by atoms with Crippen molar-refractivity contribution in [2.24, 2.45) is 5.92 Å². The minimum Gasteiger partial charge on any atom is -0.486 e. The highest BCUT2D eigenvalue weighted by molar-refractivity contribution is 7.22. The highest BCUT2D eigenvalue weighted by atomic mass is 32.1. The Morgan fingerprint density at radius 1 is 1.12 bits per heavy atom. The van der Waals surface area contributed by atoms with E-state index in [4.69, 9.17) is 14.5 Å². The molecule has 1 saturated heterocycles. The SMILES string of the molecule is Cc1cc(C)c2nc(N3CCC(C(=O)NC(C)c4ccc5c(c4)OCCO5)CC3)sc2c1. The van der Waals surface area contributed by atoms with Crippen molar-refractivity contribution in [3.05, 3.63) is 47.0 Å². The summed E-state index contributed by atoms with van der Waals surface area (Å²) in [5.74, 6) is 1.68. The molecule has 1 N–H and O–H groups in total. The number of rotatable bonds is 4. The second kappa shape index (κ2) is 8.62. The zero-order valence-corrected chi connectivity index (χ0v) is 19.6. The number of thiazole rings is 1. The van der Waals surface area contributed by atoms with Crippen molar-refractivity contribution < 1.29 is 14.3 Å². The number of hydrogen-bond donors (Lipinski definition) is 1. The molecule has 0 bridgehead atoms. The van der Waals surface area contributed by atoms with Crippen molar-refractivity contribution in [3.63, 3.8) is 0 Å². The van der Waals surface area contributed by atoms with Gasteiger partial charge in [0.05, 0.1) is 16.3 Å². The van der Waals surface area contributed by atoms with Crippen molar-refractivity contribution in [3.8, 4) is 11.5 Å². The van der Waals surface area contributed by atoms with Crippen molar-refractivity contribution in [2.45, 2.75) is 39.7 Å². The summed E-state index contributed by atoms with van der Waals surface area (Å²) in [5, 5.41) is 4.26. The smallest absolute Gasteiger partial charge is 0.223 e. The molecule has 2 aromatic carbocycles. The number of aromatic nitrogens is 1. The van der Waals surface area contributed by atoms with Crippen LogP contribution in [0.15, 0.2) is 30.3 Å². The van der Waals surface area contributed by atoms with Gasteiger partial charge in [-0.1, -0.05) is 23.5 Å². The molecule has 1 atom stereocenters. The molecule has 3 heterocycles. The van der Waals surface area contributed by atoms with E-state index in [-0.39, 0.29) is 17.9 Å². The van der Waals surface area contributed by atoms with Crippen LogP contribution in [-0.4, -0.2) is 37.2 Å². The number of nitrogens with zero attached hydrogens (tertiary/aromatic N) is 2. The number of benzene rings is 2. The van der Waals surface area contributed by atoms with E-state index in [0.29, 0.717) is 13.2 Å². The standard InChI is InChI=1S/C25H29N3O3S/c1-15-12-16(2)23-22(13-15)32-25(27-23)28-8-6-18(7-9-28)24(29)26-17(3)19-4-5-20-21(14-19)31-11-10-30-20/h4-5,12-14,17-18H,6-11H2,1-3H3,(H,26,29). The maximum absolute atomic E-state index is 12.9. The molecule has 0 spiro atoms. The van der Waals surface area contributed by atoms with Gasteiger partial charge in [0.2, 0.25) is 5.91 Å². The van der Waals surface area contributed by atoms with Crippen molar-refractivity contribution in [1.82, 2.24) is 10.3 Å². The Kier molecular flexibility index (Phi) is 5.67. The molecule has 0 saturated carbocycles. The lowest BCUT2D eigenvalue weighted by atomic mass is 9.95. The predicted octanol–water partition coefficient (Wildman–Crippen LogP) is 4.78. The molecule has 1 fully saturated rings. The van der Waals surface area contributed by atoms with Crippen LogP contribution < -0.4 is 19.7 Å². The number of carbonyl (C=O) groups excluding carboxylic acids is 1. The second-order valence-corrected chi connectivity index (χ2v) is 9.83. The molecule has 6 nitrogen and oxygen atoms in total. The first-order valence-electron chi connectivity index (χ1n) is 11.3. The summed E-state index contributed by atoms with van der Waals surface area (Å²) in [6, 6.07) is 10.2. The van der Waals surface area contributed by atoms with Crippen LogP contribution in [0.25, 0.3) is 10.2 Å². The van der Waals surface area contributed by atoms with Crippen LogP contribution in [-0.2, 0) is 4.79 Å². The van der Waals surface area contributed by atoms with Crippen LogP contribution in [0.3, 0.4) is 0 Å². The zero-order valence-electron chi connectivity index (χ0n) is 18.8. The van der Waals surface area contributed by atoms with E-state index >= 15 is 0 Å². The van der Waals surface area contributed by atoms with E-state index in [9.17, 15) is 4.79 Å². The molecule has 1 amide bonds. The second-order valence-electron chi connectivity index (χ2n) is 8.82. The van der Waals surface area contributed by atoms with E-state index in [2.05, 4.69) is 36.2 Å². The minimum atomic E-state index is -0.0770. The zero-order chi connectivity index (χ0) is 22.2. The normalized spacial score (nSPS) is 17.4. The summed E-state index contributed by atoms with van der Waals surface area (Å²) in [7, 11) is 0. The Morgan fingerprint density at radius 2 is 1.88 bits per heavy atom. The third-order valence-electron chi connectivity index (χ3n) is 6.38. The lowest BCUT2D eigenvalue weighted by Crippen LogP contribution is -2.41. The molecule has 2 aliphatic rings. The summed E-state index contributed by atoms with van der Waals surface area (Å²) >= 11 is 1.75. The maximum Gasteiger partial charge on any atom is 0.223 e. The highest BCUT2D eigenvalue weighted by Crippen LogP contribution is 2.35. The molecule has 32 heavy (non-hydrogen) atoms. The first-order valence-corrected chi connectivity index (χ1v) is 12.1. The number of aryl methyl sites for hydroxylation is 2. The number of nitrogens with one attached hydrogen (secondary N) is 1. The molecule has 168 valence electrons. The van der Waals surface area contributed by atoms with Gasteiger partial charge in [-0.25, -0.2) is 4.98 Å². The van der Waals surface area contributed by atoms with Crippen molar-refractivity contribution in [2.75, 3.05) is 31.2 Å². The molecule has 5 rings (SSSR count). The lowest BCUT2D eigenvalue weighted by molar-refractivity contribution is -0.126. The number of amides is 1. The number of piperidine rings is 1. The van der Waals surface area contributed by atoms with E-state index in [1.807, 2.05) is 25.1 Å². The highest BCUT2D eigenvalue weighted by Gasteiger charge is 2.28. The van der Waals surface area contributed by atoms with Gasteiger partial charge in [0.15, 0.2) is 16.6 Å². The van der Waals surface area contributed by atoms with Crippen LogP contribution in [0.1, 0.15) is 42.5 Å². The summed E-state index contributed by atoms with van der Waals surface area (Å²) in [5.41, 5.74) is 4.63. The van der Waals surface area contributed by atoms with Crippen LogP contribution in [0.5, 0.6) is 11.5 Å². The Balaban J connectivity index is 1.20. The largest absolute Gasteiger partial charge is 0.486 e. The van der Waals surface area contributed by atoms with Gasteiger partial charge < -0.3 is 19.7 Å². The molecule has 1 unspecified atom stereocenters. The number of anilines is 1. The molecule has 1 aromatic heterocycles.